The molecule has 0 aliphatic carbocycles. The summed E-state index contributed by atoms with van der Waals surface area (Å²) in [6.45, 7) is 2.73. The van der Waals surface area contributed by atoms with Crippen LogP contribution in [-0.4, -0.2) is 12.4 Å². The molecule has 1 unspecified atom stereocenters. The number of Topliss-reactive ketones (excluding diaryl/α,β-unsaturated/α-hetero) is 1. The summed E-state index contributed by atoms with van der Waals surface area (Å²) in [7, 11) is 0. The summed E-state index contributed by atoms with van der Waals surface area (Å²) >= 11 is 0. The number of benzene rings is 2. The third-order valence-corrected chi connectivity index (χ3v) is 4.16. The minimum atomic E-state index is -0.196. The van der Waals surface area contributed by atoms with Crippen molar-refractivity contribution in [3.8, 4) is 11.5 Å². The van der Waals surface area contributed by atoms with E-state index in [2.05, 4.69) is 6.07 Å². The number of ether oxygens (including phenoxy) is 2. The molecule has 4 rings (SSSR count). The largest absolute Gasteiger partial charge is 0.493 e. The number of carbonyl (C=O) groups is 1. The van der Waals surface area contributed by atoms with Crippen molar-refractivity contribution in [2.24, 2.45) is 0 Å². The lowest BCUT2D eigenvalue weighted by Gasteiger charge is -2.26. The molecule has 0 saturated carbocycles. The van der Waals surface area contributed by atoms with Crippen LogP contribution in [0.5, 0.6) is 11.5 Å². The van der Waals surface area contributed by atoms with Crippen molar-refractivity contribution in [1.29, 1.82) is 0 Å². The number of aryl methyl sites for hydroxylation is 1. The highest BCUT2D eigenvalue weighted by Crippen LogP contribution is 2.37. The molecule has 0 saturated heterocycles. The first-order valence-corrected chi connectivity index (χ1v) is 7.27. The summed E-state index contributed by atoms with van der Waals surface area (Å²) < 4.78 is 11.6. The number of ketones is 1. The molecule has 1 atom stereocenters. The van der Waals surface area contributed by atoms with E-state index in [1.165, 1.54) is 5.56 Å². The highest BCUT2D eigenvalue weighted by Gasteiger charge is 2.28. The Bertz CT molecular complexity index is 733. The fraction of sp³-hybridized carbons (Fsp3) is 0.278. The van der Waals surface area contributed by atoms with Gasteiger partial charge in [0.05, 0.1) is 18.6 Å². The Hall–Kier alpha value is -2.29. The second-order valence-corrected chi connectivity index (χ2v) is 5.70. The van der Waals surface area contributed by atoms with Crippen LogP contribution in [0.4, 0.5) is 0 Å². The van der Waals surface area contributed by atoms with Gasteiger partial charge in [0.25, 0.3) is 0 Å². The van der Waals surface area contributed by atoms with E-state index in [9.17, 15) is 4.79 Å². The standard InChI is InChI=1S/C18H16O3/c1-11-2-4-17-14(8-11)15(19)10-18(21-17)12-3-5-16-13(9-12)6-7-20-16/h2-5,8-9,18H,6-7,10H2,1H3. The normalized spacial score (nSPS) is 19.5. The van der Waals surface area contributed by atoms with Gasteiger partial charge in [0.2, 0.25) is 0 Å². The number of fused-ring (bicyclic) bond motifs is 2. The van der Waals surface area contributed by atoms with Crippen molar-refractivity contribution < 1.29 is 14.3 Å². The summed E-state index contributed by atoms with van der Waals surface area (Å²) in [5, 5.41) is 0. The SMILES string of the molecule is Cc1ccc2c(c1)C(=O)CC(c1ccc3c(c1)CCO3)O2. The number of hydrogen-bond donors (Lipinski definition) is 0. The molecule has 0 amide bonds. The van der Waals surface area contributed by atoms with Gasteiger partial charge in [-0.15, -0.1) is 0 Å². The van der Waals surface area contributed by atoms with Gasteiger partial charge in [-0.1, -0.05) is 17.7 Å². The molecule has 2 heterocycles. The summed E-state index contributed by atoms with van der Waals surface area (Å²) in [6, 6.07) is 11.9. The van der Waals surface area contributed by atoms with Crippen LogP contribution in [0.25, 0.3) is 0 Å². The molecule has 3 heteroatoms. The molecular formula is C18H16O3. The average Bonchev–Trinajstić information content (AvgIpc) is 2.95. The fourth-order valence-corrected chi connectivity index (χ4v) is 3.03. The smallest absolute Gasteiger partial charge is 0.170 e. The second-order valence-electron chi connectivity index (χ2n) is 5.70. The van der Waals surface area contributed by atoms with Crippen LogP contribution < -0.4 is 9.47 Å². The number of hydrogen-bond acceptors (Lipinski definition) is 3. The third-order valence-electron chi connectivity index (χ3n) is 4.16. The fourth-order valence-electron chi connectivity index (χ4n) is 3.03. The van der Waals surface area contributed by atoms with E-state index in [0.717, 1.165) is 29.9 Å². The van der Waals surface area contributed by atoms with Crippen LogP contribution >= 0.6 is 0 Å². The molecule has 0 spiro atoms. The summed E-state index contributed by atoms with van der Waals surface area (Å²) in [5.41, 5.74) is 4.05. The number of rotatable bonds is 1. The van der Waals surface area contributed by atoms with E-state index in [0.29, 0.717) is 17.7 Å². The van der Waals surface area contributed by atoms with E-state index >= 15 is 0 Å². The van der Waals surface area contributed by atoms with Gasteiger partial charge in [-0.05, 0) is 42.3 Å². The Kier molecular flexibility index (Phi) is 2.74. The lowest BCUT2D eigenvalue weighted by atomic mass is 9.94. The Labute approximate surface area is 123 Å². The molecule has 2 aliphatic rings. The topological polar surface area (TPSA) is 35.5 Å². The Balaban J connectivity index is 1.69. The van der Waals surface area contributed by atoms with E-state index in [1.54, 1.807) is 0 Å². The first-order chi connectivity index (χ1) is 10.2. The van der Waals surface area contributed by atoms with E-state index in [-0.39, 0.29) is 11.9 Å². The quantitative estimate of drug-likeness (QED) is 0.800. The van der Waals surface area contributed by atoms with Gasteiger partial charge in [0, 0.05) is 6.42 Å². The van der Waals surface area contributed by atoms with Crippen molar-refractivity contribution in [2.45, 2.75) is 25.9 Å². The maximum Gasteiger partial charge on any atom is 0.170 e. The van der Waals surface area contributed by atoms with Crippen LogP contribution in [0.15, 0.2) is 36.4 Å². The van der Waals surface area contributed by atoms with Crippen molar-refractivity contribution >= 4 is 5.78 Å². The van der Waals surface area contributed by atoms with E-state index in [4.69, 9.17) is 9.47 Å². The molecule has 21 heavy (non-hydrogen) atoms. The minimum absolute atomic E-state index is 0.154. The van der Waals surface area contributed by atoms with Crippen LogP contribution in [-0.2, 0) is 6.42 Å². The first-order valence-electron chi connectivity index (χ1n) is 7.27. The van der Waals surface area contributed by atoms with Crippen molar-refractivity contribution in [2.75, 3.05) is 6.61 Å². The lowest BCUT2D eigenvalue weighted by molar-refractivity contribution is 0.0850. The van der Waals surface area contributed by atoms with Gasteiger partial charge in [-0.3, -0.25) is 4.79 Å². The maximum atomic E-state index is 12.4. The van der Waals surface area contributed by atoms with Crippen molar-refractivity contribution in [3.63, 3.8) is 0 Å². The molecule has 106 valence electrons. The lowest BCUT2D eigenvalue weighted by Crippen LogP contribution is -2.20. The zero-order chi connectivity index (χ0) is 14.4. The predicted octanol–water partition coefficient (Wildman–Crippen LogP) is 3.64. The van der Waals surface area contributed by atoms with Gasteiger partial charge < -0.3 is 9.47 Å². The highest BCUT2D eigenvalue weighted by atomic mass is 16.5. The van der Waals surface area contributed by atoms with Gasteiger partial charge >= 0.3 is 0 Å². The zero-order valence-corrected chi connectivity index (χ0v) is 11.9. The molecule has 0 fully saturated rings. The van der Waals surface area contributed by atoms with Crippen LogP contribution in [0.3, 0.4) is 0 Å². The Morgan fingerprint density at radius 1 is 1.10 bits per heavy atom. The first kappa shape index (κ1) is 12.5. The molecule has 0 aromatic heterocycles. The van der Waals surface area contributed by atoms with Gasteiger partial charge in [0.15, 0.2) is 5.78 Å². The maximum absolute atomic E-state index is 12.4. The molecule has 0 N–H and O–H groups in total. The highest BCUT2D eigenvalue weighted by molar-refractivity contribution is 6.00. The molecule has 0 radical (unpaired) electrons. The molecule has 2 aromatic carbocycles. The molecule has 2 aromatic rings. The van der Waals surface area contributed by atoms with Crippen molar-refractivity contribution in [1.82, 2.24) is 0 Å². The number of carbonyl (C=O) groups excluding carboxylic acids is 1. The Morgan fingerprint density at radius 3 is 2.86 bits per heavy atom. The monoisotopic (exact) mass is 280 g/mol. The van der Waals surface area contributed by atoms with Crippen LogP contribution in [0.2, 0.25) is 0 Å². The summed E-state index contributed by atoms with van der Waals surface area (Å²) in [6.07, 6.45) is 1.13. The van der Waals surface area contributed by atoms with E-state index < -0.39 is 0 Å². The van der Waals surface area contributed by atoms with Gasteiger partial charge in [-0.25, -0.2) is 0 Å². The summed E-state index contributed by atoms with van der Waals surface area (Å²) in [4.78, 5) is 12.4. The van der Waals surface area contributed by atoms with Gasteiger partial charge in [-0.2, -0.15) is 0 Å². The zero-order valence-electron chi connectivity index (χ0n) is 11.9. The predicted molar refractivity (Wildman–Crippen MR) is 79.1 cm³/mol. The van der Waals surface area contributed by atoms with Crippen molar-refractivity contribution in [3.05, 3.63) is 58.7 Å². The Morgan fingerprint density at radius 2 is 1.95 bits per heavy atom. The van der Waals surface area contributed by atoms with E-state index in [1.807, 2.05) is 37.3 Å². The van der Waals surface area contributed by atoms with Gasteiger partial charge in [0.1, 0.15) is 17.6 Å². The molecule has 3 nitrogen and oxygen atoms in total. The average molecular weight is 280 g/mol. The molecule has 2 aliphatic heterocycles. The summed E-state index contributed by atoms with van der Waals surface area (Å²) in [5.74, 6) is 1.80. The molecule has 0 bridgehead atoms. The van der Waals surface area contributed by atoms with Crippen LogP contribution in [0, 0.1) is 6.92 Å². The molecular weight excluding hydrogens is 264 g/mol. The third kappa shape index (κ3) is 2.09. The van der Waals surface area contributed by atoms with Crippen LogP contribution in [0.1, 0.15) is 39.6 Å². The second kappa shape index (κ2) is 4.62. The minimum Gasteiger partial charge on any atom is -0.493 e.